The lowest BCUT2D eigenvalue weighted by Gasteiger charge is -2.06. The molecule has 1 aliphatic carbocycles. The Bertz CT molecular complexity index is 650. The van der Waals surface area contributed by atoms with E-state index in [0.29, 0.717) is 17.6 Å². The summed E-state index contributed by atoms with van der Waals surface area (Å²) in [4.78, 5) is 8.49. The third-order valence-electron chi connectivity index (χ3n) is 3.36. The lowest BCUT2D eigenvalue weighted by atomic mass is 10.2. The van der Waals surface area contributed by atoms with Crippen LogP contribution >= 0.6 is 12.2 Å². The molecule has 22 heavy (non-hydrogen) atoms. The first kappa shape index (κ1) is 14.6. The summed E-state index contributed by atoms with van der Waals surface area (Å²) in [7, 11) is 0. The maximum Gasteiger partial charge on any atom is 0.187 e. The van der Waals surface area contributed by atoms with Crippen molar-refractivity contribution in [1.82, 2.24) is 20.7 Å². The molecule has 0 aromatic carbocycles. The van der Waals surface area contributed by atoms with Crippen LogP contribution in [0.2, 0.25) is 0 Å². The Morgan fingerprint density at radius 2 is 2.23 bits per heavy atom. The summed E-state index contributed by atoms with van der Waals surface area (Å²) in [6, 6.07) is 7.97. The highest BCUT2D eigenvalue weighted by atomic mass is 32.1. The Balaban J connectivity index is 1.43. The first-order valence-electron chi connectivity index (χ1n) is 7.23. The van der Waals surface area contributed by atoms with Crippen LogP contribution in [0, 0.1) is 0 Å². The van der Waals surface area contributed by atoms with Gasteiger partial charge in [0.2, 0.25) is 0 Å². The zero-order chi connectivity index (χ0) is 15.2. The average Bonchev–Trinajstić information content (AvgIpc) is 3.40. The summed E-state index contributed by atoms with van der Waals surface area (Å²) in [6.45, 7) is 0.618. The van der Waals surface area contributed by atoms with Crippen molar-refractivity contribution in [2.24, 2.45) is 5.10 Å². The number of thiocarbonyl (C=S) groups is 1. The second kappa shape index (κ2) is 7.09. The van der Waals surface area contributed by atoms with Gasteiger partial charge in [0.1, 0.15) is 0 Å². The van der Waals surface area contributed by atoms with E-state index in [1.807, 2.05) is 24.4 Å². The van der Waals surface area contributed by atoms with Gasteiger partial charge in [0.25, 0.3) is 0 Å². The van der Waals surface area contributed by atoms with Crippen molar-refractivity contribution in [3.05, 3.63) is 59.7 Å². The van der Waals surface area contributed by atoms with Gasteiger partial charge in [-0.25, -0.2) is 0 Å². The van der Waals surface area contributed by atoms with Crippen LogP contribution in [0.15, 0.2) is 48.0 Å². The normalized spacial score (nSPS) is 14.0. The highest BCUT2D eigenvalue weighted by Gasteiger charge is 2.24. The fraction of sp³-hybridized carbons (Fsp3) is 0.250. The number of rotatable bonds is 5. The number of hydrogen-bond acceptors (Lipinski definition) is 4. The summed E-state index contributed by atoms with van der Waals surface area (Å²) in [5.41, 5.74) is 5.99. The summed E-state index contributed by atoms with van der Waals surface area (Å²) in [6.07, 6.45) is 9.61. The van der Waals surface area contributed by atoms with Gasteiger partial charge < -0.3 is 5.32 Å². The fourth-order valence-corrected chi connectivity index (χ4v) is 2.13. The van der Waals surface area contributed by atoms with Gasteiger partial charge in [-0.2, -0.15) is 5.10 Å². The van der Waals surface area contributed by atoms with E-state index in [1.54, 1.807) is 18.6 Å². The Labute approximate surface area is 134 Å². The van der Waals surface area contributed by atoms with Crippen molar-refractivity contribution in [2.75, 3.05) is 0 Å². The molecular weight excluding hydrogens is 294 g/mol. The average molecular weight is 311 g/mol. The van der Waals surface area contributed by atoms with Crippen LogP contribution in [0.5, 0.6) is 0 Å². The third-order valence-corrected chi connectivity index (χ3v) is 3.60. The highest BCUT2D eigenvalue weighted by Crippen LogP contribution is 2.38. The second-order valence-corrected chi connectivity index (χ2v) is 5.61. The van der Waals surface area contributed by atoms with Crippen molar-refractivity contribution >= 4 is 23.5 Å². The number of hydrazone groups is 1. The van der Waals surface area contributed by atoms with Gasteiger partial charge in [-0.05, 0) is 48.8 Å². The minimum Gasteiger partial charge on any atom is -0.357 e. The first-order chi connectivity index (χ1) is 10.8. The van der Waals surface area contributed by atoms with E-state index in [1.165, 1.54) is 18.5 Å². The molecule has 0 unspecified atom stereocenters. The summed E-state index contributed by atoms with van der Waals surface area (Å²) < 4.78 is 0. The Morgan fingerprint density at radius 1 is 1.32 bits per heavy atom. The molecule has 0 radical (unpaired) electrons. The molecule has 0 bridgehead atoms. The van der Waals surface area contributed by atoms with Crippen molar-refractivity contribution < 1.29 is 0 Å². The lowest BCUT2D eigenvalue weighted by Crippen LogP contribution is -2.31. The van der Waals surface area contributed by atoms with E-state index in [4.69, 9.17) is 12.2 Å². The zero-order valence-electron chi connectivity index (χ0n) is 12.1. The largest absolute Gasteiger partial charge is 0.357 e. The number of hydrogen-bond donors (Lipinski definition) is 2. The van der Waals surface area contributed by atoms with Crippen molar-refractivity contribution in [1.29, 1.82) is 0 Å². The molecule has 1 aliphatic rings. The fourth-order valence-electron chi connectivity index (χ4n) is 2.00. The molecule has 5 nitrogen and oxygen atoms in total. The molecule has 112 valence electrons. The van der Waals surface area contributed by atoms with Gasteiger partial charge in [0.15, 0.2) is 5.11 Å². The smallest absolute Gasteiger partial charge is 0.187 e. The van der Waals surface area contributed by atoms with Gasteiger partial charge >= 0.3 is 0 Å². The number of pyridine rings is 2. The molecule has 1 fully saturated rings. The standard InChI is InChI=1S/C16H17N5S/c22-16(19-10-12-2-1-7-17-8-12)21-20-11-13-3-6-15(18-9-13)14-4-5-14/h1-3,6-9,11,14H,4-5,10H2,(H2,19,21,22)/b20-11+. The molecule has 1 saturated carbocycles. The van der Waals surface area contributed by atoms with Gasteiger partial charge in [0, 0.05) is 42.3 Å². The molecule has 2 aromatic rings. The summed E-state index contributed by atoms with van der Waals surface area (Å²) in [5, 5.41) is 7.65. The quantitative estimate of drug-likeness (QED) is 0.504. The van der Waals surface area contributed by atoms with E-state index in [9.17, 15) is 0 Å². The molecule has 0 atom stereocenters. The van der Waals surface area contributed by atoms with Crippen molar-refractivity contribution in [3.63, 3.8) is 0 Å². The first-order valence-corrected chi connectivity index (χ1v) is 7.64. The molecule has 2 N–H and O–H groups in total. The van der Waals surface area contributed by atoms with Crippen LogP contribution in [0.3, 0.4) is 0 Å². The van der Waals surface area contributed by atoms with Crippen LogP contribution in [-0.2, 0) is 6.54 Å². The molecule has 0 aliphatic heterocycles. The van der Waals surface area contributed by atoms with Gasteiger partial charge in [-0.15, -0.1) is 0 Å². The molecular formula is C16H17N5S. The minimum absolute atomic E-state index is 0.475. The van der Waals surface area contributed by atoms with Crippen molar-refractivity contribution in [2.45, 2.75) is 25.3 Å². The number of nitrogens with one attached hydrogen (secondary N) is 2. The highest BCUT2D eigenvalue weighted by molar-refractivity contribution is 7.80. The van der Waals surface area contributed by atoms with E-state index in [0.717, 1.165) is 11.1 Å². The zero-order valence-corrected chi connectivity index (χ0v) is 12.9. The monoisotopic (exact) mass is 311 g/mol. The number of aromatic nitrogens is 2. The molecule has 2 aromatic heterocycles. The molecule has 0 spiro atoms. The summed E-state index contributed by atoms with van der Waals surface area (Å²) in [5.74, 6) is 0.674. The molecule has 3 rings (SSSR count). The van der Waals surface area contributed by atoms with Crippen LogP contribution in [0.1, 0.15) is 35.6 Å². The predicted octanol–water partition coefficient (Wildman–Crippen LogP) is 2.35. The third kappa shape index (κ3) is 4.33. The van der Waals surface area contributed by atoms with Crippen LogP contribution in [0.4, 0.5) is 0 Å². The Hall–Kier alpha value is -2.34. The van der Waals surface area contributed by atoms with Crippen molar-refractivity contribution in [3.8, 4) is 0 Å². The van der Waals surface area contributed by atoms with Crippen LogP contribution < -0.4 is 10.7 Å². The van der Waals surface area contributed by atoms with E-state index < -0.39 is 0 Å². The molecule has 0 saturated heterocycles. The topological polar surface area (TPSA) is 62.2 Å². The second-order valence-electron chi connectivity index (χ2n) is 5.20. The van der Waals surface area contributed by atoms with E-state index in [2.05, 4.69) is 31.9 Å². The summed E-state index contributed by atoms with van der Waals surface area (Å²) >= 11 is 5.16. The SMILES string of the molecule is S=C(NCc1cccnc1)N/N=C/c1ccc(C2CC2)nc1. The molecule has 6 heteroatoms. The number of nitrogens with zero attached hydrogens (tertiary/aromatic N) is 3. The molecule has 0 amide bonds. The Kier molecular flexibility index (Phi) is 4.70. The van der Waals surface area contributed by atoms with Gasteiger partial charge in [-0.3, -0.25) is 15.4 Å². The lowest BCUT2D eigenvalue weighted by molar-refractivity contribution is 0.864. The maximum atomic E-state index is 5.16. The van der Waals surface area contributed by atoms with Gasteiger partial charge in [0.05, 0.1) is 6.21 Å². The Morgan fingerprint density at radius 3 is 2.91 bits per heavy atom. The van der Waals surface area contributed by atoms with Crippen LogP contribution in [0.25, 0.3) is 0 Å². The predicted molar refractivity (Wildman–Crippen MR) is 90.6 cm³/mol. The van der Waals surface area contributed by atoms with E-state index in [-0.39, 0.29) is 0 Å². The minimum atomic E-state index is 0.475. The maximum absolute atomic E-state index is 5.16. The van der Waals surface area contributed by atoms with E-state index >= 15 is 0 Å². The molecule has 2 heterocycles. The van der Waals surface area contributed by atoms with Gasteiger partial charge in [-0.1, -0.05) is 6.07 Å². The van der Waals surface area contributed by atoms with Crippen LogP contribution in [-0.4, -0.2) is 21.3 Å².